The van der Waals surface area contributed by atoms with Crippen LogP contribution in [0.2, 0.25) is 0 Å². The number of carbonyl (C=O) groups is 1. The minimum Gasteiger partial charge on any atom is -0.396 e. The van der Waals surface area contributed by atoms with Crippen LogP contribution in [0.4, 0.5) is 4.79 Å². The summed E-state index contributed by atoms with van der Waals surface area (Å²) in [5.74, 6) is 2.32. The van der Waals surface area contributed by atoms with Gasteiger partial charge in [-0.2, -0.15) is 0 Å². The lowest BCUT2D eigenvalue weighted by Gasteiger charge is -2.30. The topological polar surface area (TPSA) is 92.1 Å². The van der Waals surface area contributed by atoms with E-state index in [1.54, 1.807) is 0 Å². The summed E-state index contributed by atoms with van der Waals surface area (Å²) in [6.45, 7) is 1.45. The van der Waals surface area contributed by atoms with Crippen molar-refractivity contribution in [2.45, 2.75) is 70.5 Å². The Balaban J connectivity index is 1.50. The van der Waals surface area contributed by atoms with E-state index in [-0.39, 0.29) is 18.7 Å². The van der Waals surface area contributed by atoms with Gasteiger partial charge < -0.3 is 20.3 Å². The average Bonchev–Trinajstić information content (AvgIpc) is 3.17. The Morgan fingerprint density at radius 3 is 2.87 bits per heavy atom. The number of hydrogen-bond donors (Lipinski definition) is 3. The first-order chi connectivity index (χ1) is 11.3. The Morgan fingerprint density at radius 2 is 2.09 bits per heavy atom. The largest absolute Gasteiger partial charge is 0.396 e. The number of fused-ring (bicyclic) bond motifs is 1. The summed E-state index contributed by atoms with van der Waals surface area (Å²) < 4.78 is 2.09. The molecule has 0 spiro atoms. The molecular formula is C16H27N5O2. The highest BCUT2D eigenvalue weighted by Gasteiger charge is 2.25. The summed E-state index contributed by atoms with van der Waals surface area (Å²) in [5.41, 5.74) is 0. The lowest BCUT2D eigenvalue weighted by atomic mass is 9.83. The van der Waals surface area contributed by atoms with Gasteiger partial charge in [-0.15, -0.1) is 10.2 Å². The number of aromatic nitrogens is 3. The van der Waals surface area contributed by atoms with Crippen LogP contribution in [-0.2, 0) is 19.5 Å². The second-order valence-electron chi connectivity index (χ2n) is 6.63. The molecule has 7 heteroatoms. The number of hydrogen-bond acceptors (Lipinski definition) is 4. The van der Waals surface area contributed by atoms with Gasteiger partial charge in [-0.25, -0.2) is 4.79 Å². The molecule has 128 valence electrons. The van der Waals surface area contributed by atoms with E-state index in [4.69, 9.17) is 0 Å². The molecule has 1 aromatic heterocycles. The molecular weight excluding hydrogens is 294 g/mol. The summed E-state index contributed by atoms with van der Waals surface area (Å²) >= 11 is 0. The van der Waals surface area contributed by atoms with Gasteiger partial charge in [-0.3, -0.25) is 0 Å². The van der Waals surface area contributed by atoms with Crippen molar-refractivity contribution in [1.29, 1.82) is 0 Å². The van der Waals surface area contributed by atoms with Gasteiger partial charge >= 0.3 is 6.03 Å². The van der Waals surface area contributed by atoms with Gasteiger partial charge in [-0.05, 0) is 31.6 Å². The van der Waals surface area contributed by atoms with Gasteiger partial charge in [0.15, 0.2) is 5.82 Å². The lowest BCUT2D eigenvalue weighted by molar-refractivity contribution is 0.196. The molecule has 7 nitrogen and oxygen atoms in total. The molecule has 23 heavy (non-hydrogen) atoms. The van der Waals surface area contributed by atoms with E-state index in [2.05, 4.69) is 25.4 Å². The molecule has 0 bridgehead atoms. The zero-order chi connectivity index (χ0) is 16.1. The highest BCUT2D eigenvalue weighted by atomic mass is 16.3. The van der Waals surface area contributed by atoms with E-state index < -0.39 is 0 Å². The molecule has 2 amide bonds. The molecule has 1 aliphatic heterocycles. The fourth-order valence-corrected chi connectivity index (χ4v) is 3.82. The minimum absolute atomic E-state index is 0.0596. The van der Waals surface area contributed by atoms with E-state index >= 15 is 0 Å². The molecule has 1 atom stereocenters. The van der Waals surface area contributed by atoms with Crippen molar-refractivity contribution in [3.05, 3.63) is 11.6 Å². The molecule has 0 saturated heterocycles. The van der Waals surface area contributed by atoms with Crippen LogP contribution in [0.1, 0.15) is 56.6 Å². The zero-order valence-corrected chi connectivity index (χ0v) is 13.6. The smallest absolute Gasteiger partial charge is 0.315 e. The molecule has 2 aliphatic rings. The van der Waals surface area contributed by atoms with Crippen LogP contribution in [-0.4, -0.2) is 38.6 Å². The quantitative estimate of drug-likeness (QED) is 0.737. The van der Waals surface area contributed by atoms with E-state index in [0.717, 1.165) is 43.9 Å². The Labute approximate surface area is 136 Å². The fourth-order valence-electron chi connectivity index (χ4n) is 3.82. The SMILES string of the molecule is O=C(NCc1nnc2n1CCC2)NC(CCO)C1CCCCC1. The van der Waals surface area contributed by atoms with Crippen LogP contribution in [0.25, 0.3) is 0 Å². The zero-order valence-electron chi connectivity index (χ0n) is 13.6. The van der Waals surface area contributed by atoms with Crippen LogP contribution in [0.5, 0.6) is 0 Å². The van der Waals surface area contributed by atoms with Gasteiger partial charge in [0.2, 0.25) is 0 Å². The highest BCUT2D eigenvalue weighted by molar-refractivity contribution is 5.74. The predicted molar refractivity (Wildman–Crippen MR) is 85.8 cm³/mol. The van der Waals surface area contributed by atoms with Crippen molar-refractivity contribution in [3.8, 4) is 0 Å². The van der Waals surface area contributed by atoms with Gasteiger partial charge in [0, 0.05) is 25.6 Å². The first-order valence-electron chi connectivity index (χ1n) is 8.84. The summed E-state index contributed by atoms with van der Waals surface area (Å²) in [5, 5.41) is 23.5. The van der Waals surface area contributed by atoms with Crippen molar-refractivity contribution >= 4 is 6.03 Å². The number of nitrogens with one attached hydrogen (secondary N) is 2. The maximum Gasteiger partial charge on any atom is 0.315 e. The van der Waals surface area contributed by atoms with Gasteiger partial charge in [0.1, 0.15) is 5.82 Å². The minimum atomic E-state index is -0.177. The summed E-state index contributed by atoms with van der Waals surface area (Å²) in [7, 11) is 0. The average molecular weight is 321 g/mol. The number of aliphatic hydroxyl groups is 1. The molecule has 1 fully saturated rings. The number of nitrogens with zero attached hydrogens (tertiary/aromatic N) is 3. The van der Waals surface area contributed by atoms with Gasteiger partial charge in [0.25, 0.3) is 0 Å². The molecule has 1 aliphatic carbocycles. The predicted octanol–water partition coefficient (Wildman–Crippen LogP) is 1.35. The number of rotatable bonds is 6. The first kappa shape index (κ1) is 16.2. The third-order valence-corrected chi connectivity index (χ3v) is 5.07. The van der Waals surface area contributed by atoms with Crippen LogP contribution in [0.3, 0.4) is 0 Å². The maximum atomic E-state index is 12.2. The van der Waals surface area contributed by atoms with Crippen LogP contribution in [0, 0.1) is 5.92 Å². The van der Waals surface area contributed by atoms with Crippen molar-refractivity contribution in [1.82, 2.24) is 25.4 Å². The molecule has 1 saturated carbocycles. The number of aryl methyl sites for hydroxylation is 1. The van der Waals surface area contributed by atoms with Crippen LogP contribution in [0.15, 0.2) is 0 Å². The van der Waals surface area contributed by atoms with E-state index in [1.165, 1.54) is 19.3 Å². The van der Waals surface area contributed by atoms with E-state index in [1.807, 2.05) is 0 Å². The molecule has 0 aromatic carbocycles. The van der Waals surface area contributed by atoms with Crippen LogP contribution >= 0.6 is 0 Å². The third kappa shape index (κ3) is 4.02. The molecule has 1 unspecified atom stereocenters. The second-order valence-corrected chi connectivity index (χ2v) is 6.63. The summed E-state index contributed by atoms with van der Waals surface area (Å²) in [6, 6.07) is -0.117. The van der Waals surface area contributed by atoms with E-state index in [9.17, 15) is 9.90 Å². The van der Waals surface area contributed by atoms with Gasteiger partial charge in [0.05, 0.1) is 6.54 Å². The van der Waals surface area contributed by atoms with Crippen molar-refractivity contribution in [2.75, 3.05) is 6.61 Å². The van der Waals surface area contributed by atoms with Crippen molar-refractivity contribution in [3.63, 3.8) is 0 Å². The monoisotopic (exact) mass is 321 g/mol. The Kier molecular flexibility index (Phi) is 5.48. The number of aliphatic hydroxyl groups excluding tert-OH is 1. The normalized spacial score (nSPS) is 19.3. The second kappa shape index (κ2) is 7.77. The number of carbonyl (C=O) groups excluding carboxylic acids is 1. The van der Waals surface area contributed by atoms with E-state index in [0.29, 0.717) is 18.9 Å². The molecule has 3 rings (SSSR count). The maximum absolute atomic E-state index is 12.2. The first-order valence-corrected chi connectivity index (χ1v) is 8.84. The Hall–Kier alpha value is -1.63. The number of amides is 2. The Morgan fingerprint density at radius 1 is 1.26 bits per heavy atom. The van der Waals surface area contributed by atoms with Crippen LogP contribution < -0.4 is 10.6 Å². The lowest BCUT2D eigenvalue weighted by Crippen LogP contribution is -2.46. The highest BCUT2D eigenvalue weighted by Crippen LogP contribution is 2.27. The molecule has 3 N–H and O–H groups in total. The fraction of sp³-hybridized carbons (Fsp3) is 0.812. The standard InChI is InChI=1S/C16H27N5O2/c22-10-8-13(12-5-2-1-3-6-12)18-16(23)17-11-15-20-19-14-7-4-9-21(14)15/h12-13,22H,1-11H2,(H2,17,18,23). The van der Waals surface area contributed by atoms with Crippen molar-refractivity contribution in [2.24, 2.45) is 5.92 Å². The van der Waals surface area contributed by atoms with Gasteiger partial charge in [-0.1, -0.05) is 19.3 Å². The molecule has 2 heterocycles. The van der Waals surface area contributed by atoms with Crippen molar-refractivity contribution < 1.29 is 9.90 Å². The molecule has 0 radical (unpaired) electrons. The molecule has 1 aromatic rings. The number of urea groups is 1. The third-order valence-electron chi connectivity index (χ3n) is 5.07. The Bertz CT molecular complexity index is 525. The summed E-state index contributed by atoms with van der Waals surface area (Å²) in [6.07, 6.45) is 8.71. The summed E-state index contributed by atoms with van der Waals surface area (Å²) in [4.78, 5) is 12.2.